The van der Waals surface area contributed by atoms with Crippen LogP contribution in [0, 0.1) is 12.3 Å². The number of thiazole rings is 2. The lowest BCUT2D eigenvalue weighted by atomic mass is 9.85. The zero-order chi connectivity index (χ0) is 50.0. The molecule has 5 aromatic rings. The number of aryl methyl sites for hydroxylation is 1. The maximum absolute atomic E-state index is 14.0. The summed E-state index contributed by atoms with van der Waals surface area (Å²) >= 11 is 2.78. The van der Waals surface area contributed by atoms with Crippen molar-refractivity contribution in [3.63, 3.8) is 0 Å². The number of amides is 6. The zero-order valence-corrected chi connectivity index (χ0v) is 41.4. The molecule has 0 aliphatic carbocycles. The number of aliphatic hydroxyl groups is 1. The molecule has 7 rings (SSSR count). The fraction of sp³-hybridized carbons (Fsp3) is 0.408. The second-order valence-electron chi connectivity index (χ2n) is 18.2. The normalized spacial score (nSPS) is 16.6. The minimum absolute atomic E-state index is 0.0133. The van der Waals surface area contributed by atoms with Crippen LogP contribution in [0.25, 0.3) is 21.8 Å². The molecule has 2 aliphatic heterocycles. The van der Waals surface area contributed by atoms with Crippen LogP contribution >= 0.6 is 22.7 Å². The van der Waals surface area contributed by atoms with Crippen LogP contribution < -0.4 is 26.0 Å². The minimum Gasteiger partial charge on any atom is -0.484 e. The largest absolute Gasteiger partial charge is 0.484 e. The molecule has 0 bridgehead atoms. The summed E-state index contributed by atoms with van der Waals surface area (Å²) in [5.74, 6) is -2.71. The average Bonchev–Trinajstić information content (AvgIpc) is 4.11. The lowest BCUT2D eigenvalue weighted by Crippen LogP contribution is -2.58. The summed E-state index contributed by atoms with van der Waals surface area (Å²) in [4.78, 5) is 100. The summed E-state index contributed by atoms with van der Waals surface area (Å²) in [5.41, 5.74) is 5.46. The molecule has 2 aromatic carbocycles. The van der Waals surface area contributed by atoms with Crippen molar-refractivity contribution >= 4 is 63.2 Å². The summed E-state index contributed by atoms with van der Waals surface area (Å²) in [6, 6.07) is 15.7. The van der Waals surface area contributed by atoms with E-state index >= 15 is 0 Å². The molecule has 6 amide bonds. The molecular weight excluding hydrogens is 937 g/mol. The number of hydrogen-bond acceptors (Lipinski definition) is 15. The molecule has 19 nitrogen and oxygen atoms in total. The van der Waals surface area contributed by atoms with Gasteiger partial charge in [0.25, 0.3) is 17.7 Å². The highest BCUT2D eigenvalue weighted by atomic mass is 32.1. The maximum Gasteiger partial charge on any atom is 0.258 e. The molecular formula is C49H58N10O9S2. The molecule has 70 heavy (non-hydrogen) atoms. The number of carbonyl (C=O) groups excluding carboxylic acids is 6. The topological polar surface area (TPSA) is 238 Å². The first kappa shape index (κ1) is 51.2. The van der Waals surface area contributed by atoms with Gasteiger partial charge in [0, 0.05) is 74.9 Å². The van der Waals surface area contributed by atoms with Crippen LogP contribution in [0.5, 0.6) is 5.75 Å². The van der Waals surface area contributed by atoms with Crippen molar-refractivity contribution in [1.29, 1.82) is 0 Å². The molecule has 0 spiro atoms. The predicted molar refractivity (Wildman–Crippen MR) is 264 cm³/mol. The Hall–Kier alpha value is -6.65. The Balaban J connectivity index is 0.880. The molecule has 370 valence electrons. The van der Waals surface area contributed by atoms with Gasteiger partial charge in [-0.05, 0) is 60.8 Å². The highest BCUT2D eigenvalue weighted by Crippen LogP contribution is 2.29. The summed E-state index contributed by atoms with van der Waals surface area (Å²) in [7, 11) is 1.98. The summed E-state index contributed by atoms with van der Waals surface area (Å²) in [5, 5.41) is 23.8. The number of aliphatic hydroxyl groups excluding tert-OH is 1. The number of carbonyl (C=O) groups is 6. The van der Waals surface area contributed by atoms with E-state index in [1.807, 2.05) is 50.4 Å². The van der Waals surface area contributed by atoms with Crippen LogP contribution in [0.15, 0.2) is 77.8 Å². The minimum atomic E-state index is -1.05. The van der Waals surface area contributed by atoms with Crippen molar-refractivity contribution in [3.8, 4) is 27.6 Å². The molecule has 3 aromatic heterocycles. The number of pyridine rings is 1. The van der Waals surface area contributed by atoms with Gasteiger partial charge in [-0.3, -0.25) is 39.1 Å². The molecule has 5 heterocycles. The highest BCUT2D eigenvalue weighted by Gasteiger charge is 2.44. The number of nitrogens with zero attached hydrogens (tertiary/aromatic N) is 6. The molecule has 2 fully saturated rings. The van der Waals surface area contributed by atoms with Gasteiger partial charge < -0.3 is 45.2 Å². The van der Waals surface area contributed by atoms with Crippen LogP contribution in [0.4, 0.5) is 5.13 Å². The number of likely N-dealkylation sites (N-methyl/N-ethyl adjacent to an activating group) is 1. The van der Waals surface area contributed by atoms with Gasteiger partial charge in [-0.25, -0.2) is 9.97 Å². The van der Waals surface area contributed by atoms with E-state index in [9.17, 15) is 33.9 Å². The van der Waals surface area contributed by atoms with E-state index in [1.54, 1.807) is 60.2 Å². The van der Waals surface area contributed by atoms with Crippen molar-refractivity contribution in [3.05, 3.63) is 100 Å². The summed E-state index contributed by atoms with van der Waals surface area (Å²) in [6.07, 6.45) is 0.782. The van der Waals surface area contributed by atoms with Gasteiger partial charge in [-0.2, -0.15) is 0 Å². The van der Waals surface area contributed by atoms with Gasteiger partial charge in [0.05, 0.1) is 34.5 Å². The third kappa shape index (κ3) is 13.6. The second kappa shape index (κ2) is 23.3. The van der Waals surface area contributed by atoms with Crippen molar-refractivity contribution in [2.75, 3.05) is 71.5 Å². The van der Waals surface area contributed by atoms with Crippen LogP contribution in [0.2, 0.25) is 0 Å². The van der Waals surface area contributed by atoms with Crippen molar-refractivity contribution in [2.24, 2.45) is 5.41 Å². The van der Waals surface area contributed by atoms with Crippen LogP contribution in [-0.2, 0) is 30.5 Å². The first-order valence-corrected chi connectivity index (χ1v) is 24.6. The number of β-amino-alcohol motifs (C(OH)–C–C–N with tert-alkyl or cyclic N) is 1. The number of rotatable bonds is 18. The van der Waals surface area contributed by atoms with E-state index in [-0.39, 0.29) is 55.4 Å². The van der Waals surface area contributed by atoms with Gasteiger partial charge >= 0.3 is 0 Å². The van der Waals surface area contributed by atoms with Gasteiger partial charge in [-0.15, -0.1) is 22.7 Å². The lowest BCUT2D eigenvalue weighted by molar-refractivity contribution is -0.144. The second-order valence-corrected chi connectivity index (χ2v) is 19.9. The molecule has 0 radical (unpaired) electrons. The number of hydrogen-bond donors (Lipinski definition) is 5. The van der Waals surface area contributed by atoms with E-state index < -0.39 is 66.4 Å². The lowest BCUT2D eigenvalue weighted by Gasteiger charge is -2.35. The molecule has 21 heteroatoms. The van der Waals surface area contributed by atoms with E-state index in [0.29, 0.717) is 42.7 Å². The SMILES string of the molecule is Cc1ncsc1-c1ccc(CNC(=O)[C@@H]2C[C@@H](O)CN2C(=O)[C@@H](NC(=O)COCCNC(=O)COc2cc(C(=O)Nc3nc(-c4ccccn4)cs3)cc(C(=O)N3CCN(C)CC3)c2)C(C)(C)C)cc1. The van der Waals surface area contributed by atoms with Gasteiger partial charge in [0.15, 0.2) is 11.7 Å². The maximum atomic E-state index is 14.0. The number of piperazine rings is 1. The number of ether oxygens (including phenoxy) is 2. The van der Waals surface area contributed by atoms with Crippen LogP contribution in [-0.4, -0.2) is 155 Å². The van der Waals surface area contributed by atoms with E-state index in [1.165, 1.54) is 34.4 Å². The van der Waals surface area contributed by atoms with E-state index in [4.69, 9.17) is 9.47 Å². The van der Waals surface area contributed by atoms with Crippen molar-refractivity contribution in [2.45, 2.75) is 58.8 Å². The van der Waals surface area contributed by atoms with Crippen molar-refractivity contribution in [1.82, 2.24) is 45.6 Å². The third-order valence-electron chi connectivity index (χ3n) is 11.7. The Labute approximate surface area is 414 Å². The zero-order valence-electron chi connectivity index (χ0n) is 39.7. The quantitative estimate of drug-likeness (QED) is 0.0791. The Morgan fingerprint density at radius 3 is 2.34 bits per heavy atom. The summed E-state index contributed by atoms with van der Waals surface area (Å²) < 4.78 is 11.3. The van der Waals surface area contributed by atoms with Crippen LogP contribution in [0.3, 0.4) is 0 Å². The highest BCUT2D eigenvalue weighted by molar-refractivity contribution is 7.14. The third-order valence-corrected chi connectivity index (χ3v) is 13.5. The van der Waals surface area contributed by atoms with E-state index in [0.717, 1.165) is 21.7 Å². The smallest absolute Gasteiger partial charge is 0.258 e. The molecule has 0 saturated carbocycles. The molecule has 0 unspecified atom stereocenters. The van der Waals surface area contributed by atoms with E-state index in [2.05, 4.69) is 41.1 Å². The molecule has 2 aliphatic rings. The monoisotopic (exact) mass is 994 g/mol. The standard InChI is InChI=1S/C49H58N10O9S2/c1-30-42(70-29-53-30)32-11-9-31(10-12-32)24-52-45(64)39-23-35(60)25-59(39)47(66)43(49(2,3)4)55-41(62)26-67-19-14-51-40(61)27-68-36-21-33(20-34(22-36)46(65)58-17-15-57(5)16-18-58)44(63)56-48-54-38(28-69-48)37-8-6-7-13-50-37/h6-13,20-22,28-29,35,39,43,60H,14-19,23-27H2,1-5H3,(H,51,61)(H,52,64)(H,55,62)(H,54,56,63)/t35-,39+,43-/m1/s1. The van der Waals surface area contributed by atoms with Crippen molar-refractivity contribution < 1.29 is 43.3 Å². The van der Waals surface area contributed by atoms with Gasteiger partial charge in [0.2, 0.25) is 17.7 Å². The molecule has 5 N–H and O–H groups in total. The fourth-order valence-electron chi connectivity index (χ4n) is 7.87. The Kier molecular flexibility index (Phi) is 17.0. The number of aromatic nitrogens is 3. The molecule has 2 saturated heterocycles. The number of nitrogens with one attached hydrogen (secondary N) is 4. The Morgan fingerprint density at radius 2 is 1.64 bits per heavy atom. The Bertz CT molecular complexity index is 2650. The number of anilines is 1. The average molecular weight is 995 g/mol. The van der Waals surface area contributed by atoms with Gasteiger partial charge in [0.1, 0.15) is 30.1 Å². The molecule has 3 atom stereocenters. The van der Waals surface area contributed by atoms with Crippen LogP contribution in [0.1, 0.15) is 59.2 Å². The Morgan fingerprint density at radius 1 is 0.886 bits per heavy atom. The number of likely N-dealkylation sites (tertiary alicyclic amines) is 1. The first-order chi connectivity index (χ1) is 33.5. The summed E-state index contributed by atoms with van der Waals surface area (Å²) in [6.45, 7) is 8.95. The first-order valence-electron chi connectivity index (χ1n) is 22.9. The number of benzene rings is 2. The fourth-order valence-corrected chi connectivity index (χ4v) is 9.38. The predicted octanol–water partition coefficient (Wildman–Crippen LogP) is 3.60. The van der Waals surface area contributed by atoms with Gasteiger partial charge in [-0.1, -0.05) is 51.1 Å².